The number of aromatic amines is 1. The van der Waals surface area contributed by atoms with Gasteiger partial charge in [0.05, 0.1) is 24.0 Å². The molecule has 2 aromatic carbocycles. The molecule has 1 aromatic heterocycles. The van der Waals surface area contributed by atoms with Crippen LogP contribution in [-0.2, 0) is 60.7 Å². The molecule has 0 spiro atoms. The maximum absolute atomic E-state index is 14.4. The van der Waals surface area contributed by atoms with E-state index in [9.17, 15) is 53.4 Å². The zero-order chi connectivity index (χ0) is 55.0. The van der Waals surface area contributed by atoms with Crippen LogP contribution in [0.1, 0.15) is 78.9 Å². The molecule has 1 fully saturated rings. The molecule has 0 radical (unpaired) electrons. The number of likely N-dealkylation sites (N-methyl/N-ethyl adjacent to an activating group) is 1. The highest BCUT2D eigenvalue weighted by molar-refractivity contribution is 6.00. The summed E-state index contributed by atoms with van der Waals surface area (Å²) in [6, 6.07) is 8.20. The number of ether oxygens (including phenoxy) is 1. The van der Waals surface area contributed by atoms with E-state index >= 15 is 0 Å². The van der Waals surface area contributed by atoms with Gasteiger partial charge in [-0.3, -0.25) is 33.6 Å². The van der Waals surface area contributed by atoms with E-state index < -0.39 is 120 Å². The van der Waals surface area contributed by atoms with Crippen molar-refractivity contribution in [2.75, 3.05) is 14.2 Å². The van der Waals surface area contributed by atoms with Crippen molar-refractivity contribution < 1.29 is 58.1 Å². The topological polar surface area (TPSA) is 295 Å². The van der Waals surface area contributed by atoms with Gasteiger partial charge in [0, 0.05) is 50.0 Å². The Morgan fingerprint density at radius 2 is 1.41 bits per heavy atom. The van der Waals surface area contributed by atoms with Crippen LogP contribution in [0.3, 0.4) is 0 Å². The third-order valence-electron chi connectivity index (χ3n) is 13.1. The molecule has 4 rings (SSSR count). The van der Waals surface area contributed by atoms with Crippen molar-refractivity contribution >= 4 is 64.2 Å². The molecule has 1 aliphatic rings. The van der Waals surface area contributed by atoms with Crippen LogP contribution in [0.4, 0.5) is 0 Å². The van der Waals surface area contributed by atoms with Gasteiger partial charge in [-0.1, -0.05) is 114 Å². The highest BCUT2D eigenvalue weighted by atomic mass is 16.5. The van der Waals surface area contributed by atoms with E-state index in [0.717, 1.165) is 16.0 Å². The minimum Gasteiger partial charge on any atom is -0.480 e. The lowest BCUT2D eigenvalue weighted by Crippen LogP contribution is -2.59. The summed E-state index contributed by atoms with van der Waals surface area (Å²) in [6.07, 6.45) is 6.26. The van der Waals surface area contributed by atoms with Crippen molar-refractivity contribution in [3.63, 3.8) is 0 Å². The Balaban J connectivity index is 1.75. The van der Waals surface area contributed by atoms with Gasteiger partial charge in [0.25, 0.3) is 5.91 Å². The number of para-hydroxylation sites is 1. The van der Waals surface area contributed by atoms with Crippen LogP contribution in [0.5, 0.6) is 0 Å². The summed E-state index contributed by atoms with van der Waals surface area (Å²) in [7, 11) is 2.85. The smallest absolute Gasteiger partial charge is 0.327 e. The zero-order valence-electron chi connectivity index (χ0n) is 43.5. The standard InChI is InChI=1S/C54H72N8O12/c1-29(2)24-42-51(68)57-39(21-20-30(3)25-31(4)44(74-10)26-36-16-12-11-13-17-36)32(5)47(64)58-41(53(70)71)22-23-45(63)62(9)35(8)50(67)56-34(7)49(66)60-43(27-37-28-55-40-19-15-14-18-38(37)40)52(69)61-46(54(72)73)33(6)48(65)59-42/h11-21,25,28-29,31-34,39,41-44,46,55H,8,22-24,26-27H2,1-7,9-10H3,(H,56,67)(H,57,68)(H,58,64)(H,59,65)(H,60,66)(H,61,69)(H,70,71)(H,72,73)/b21-20+,30-25+/t31-,32-,33-,34+,39-,41+,42-,43?,44-,46+/m0/s1. The first kappa shape index (κ1) is 59.0. The van der Waals surface area contributed by atoms with E-state index in [1.165, 1.54) is 27.8 Å². The first-order chi connectivity index (χ1) is 34.9. The maximum atomic E-state index is 14.4. The monoisotopic (exact) mass is 1020 g/mol. The lowest BCUT2D eigenvalue weighted by molar-refractivity contribution is -0.146. The number of hydrogen-bond donors (Lipinski definition) is 9. The normalized spacial score (nSPS) is 24.9. The number of benzene rings is 2. The van der Waals surface area contributed by atoms with Gasteiger partial charge in [-0.2, -0.15) is 0 Å². The molecule has 7 amide bonds. The molecule has 10 atom stereocenters. The number of rotatable bonds is 13. The summed E-state index contributed by atoms with van der Waals surface area (Å²) < 4.78 is 5.83. The van der Waals surface area contributed by atoms with E-state index in [1.807, 2.05) is 50.3 Å². The third kappa shape index (κ3) is 16.7. The number of fused-ring (bicyclic) bond motifs is 1. The first-order valence-corrected chi connectivity index (χ1v) is 24.6. The second-order valence-electron chi connectivity index (χ2n) is 19.4. The zero-order valence-corrected chi connectivity index (χ0v) is 43.5. The third-order valence-corrected chi connectivity index (χ3v) is 13.1. The molecule has 1 aliphatic heterocycles. The number of allylic oxidation sites excluding steroid dienone is 2. The number of nitrogens with one attached hydrogen (secondary N) is 7. The van der Waals surface area contributed by atoms with Crippen molar-refractivity contribution in [3.8, 4) is 0 Å². The number of carboxylic acid groups (broad SMARTS) is 2. The lowest BCUT2D eigenvalue weighted by atomic mass is 9.94. The average Bonchev–Trinajstić information content (AvgIpc) is 3.77. The van der Waals surface area contributed by atoms with Crippen molar-refractivity contribution in [2.24, 2.45) is 23.7 Å². The summed E-state index contributed by atoms with van der Waals surface area (Å²) in [4.78, 5) is 127. The van der Waals surface area contributed by atoms with Gasteiger partial charge in [0.1, 0.15) is 35.9 Å². The van der Waals surface area contributed by atoms with Gasteiger partial charge in [-0.15, -0.1) is 0 Å². The molecule has 74 heavy (non-hydrogen) atoms. The Morgan fingerprint density at radius 1 is 0.784 bits per heavy atom. The van der Waals surface area contributed by atoms with E-state index in [-0.39, 0.29) is 30.8 Å². The van der Waals surface area contributed by atoms with Gasteiger partial charge < -0.3 is 56.7 Å². The predicted octanol–water partition coefficient (Wildman–Crippen LogP) is 3.29. The van der Waals surface area contributed by atoms with Crippen molar-refractivity contribution in [1.82, 2.24) is 41.8 Å². The number of amides is 7. The Bertz CT molecular complexity index is 2590. The molecule has 20 heteroatoms. The number of carbonyl (C=O) groups is 9. The number of aliphatic carboxylic acids is 2. The molecule has 400 valence electrons. The minimum atomic E-state index is -1.89. The molecule has 9 N–H and O–H groups in total. The molecule has 0 bridgehead atoms. The summed E-state index contributed by atoms with van der Waals surface area (Å²) in [5.41, 5.74) is 2.68. The summed E-state index contributed by atoms with van der Waals surface area (Å²) in [5, 5.41) is 36.7. The van der Waals surface area contributed by atoms with Crippen molar-refractivity contribution in [3.05, 3.63) is 108 Å². The molecule has 0 saturated carbocycles. The van der Waals surface area contributed by atoms with Gasteiger partial charge in [-0.05, 0) is 56.2 Å². The fraction of sp³-hybridized carbons (Fsp3) is 0.463. The molecular formula is C54H72N8O12. The molecule has 1 saturated heterocycles. The fourth-order valence-corrected chi connectivity index (χ4v) is 8.41. The van der Waals surface area contributed by atoms with E-state index in [2.05, 4.69) is 43.5 Å². The highest BCUT2D eigenvalue weighted by Gasteiger charge is 2.38. The second kappa shape index (κ2) is 27.4. The largest absolute Gasteiger partial charge is 0.480 e. The van der Waals surface area contributed by atoms with E-state index in [1.54, 1.807) is 63.6 Å². The Labute approximate surface area is 431 Å². The quantitative estimate of drug-likeness (QED) is 0.0881. The summed E-state index contributed by atoms with van der Waals surface area (Å²) in [5.74, 6) is -12.1. The maximum Gasteiger partial charge on any atom is 0.327 e. The van der Waals surface area contributed by atoms with E-state index in [0.29, 0.717) is 22.9 Å². The SMILES string of the molecule is C=C1C(=O)N[C@H](C)C(=O)NC(Cc2c[nH]c3ccccc23)C(=O)N[C@@H](C(=O)O)[C@H](C)C(=O)N[C@@H](CC(C)C)C(=O)N[C@@H](/C=C/C(C)=C/[C@H](C)[C@H](Cc2ccccc2)OC)[C@H](C)C(=O)N[C@@H](C(=O)O)CCC(=O)N1C. The van der Waals surface area contributed by atoms with Gasteiger partial charge in [0.15, 0.2) is 0 Å². The molecule has 3 aromatic rings. The van der Waals surface area contributed by atoms with Gasteiger partial charge >= 0.3 is 11.9 Å². The number of H-pyrrole nitrogens is 1. The van der Waals surface area contributed by atoms with Crippen molar-refractivity contribution in [1.29, 1.82) is 0 Å². The van der Waals surface area contributed by atoms with Crippen LogP contribution >= 0.6 is 0 Å². The summed E-state index contributed by atoms with van der Waals surface area (Å²) in [6.45, 7) is 15.1. The molecule has 20 nitrogen and oxygen atoms in total. The first-order valence-electron chi connectivity index (χ1n) is 24.6. The highest BCUT2D eigenvalue weighted by Crippen LogP contribution is 2.21. The van der Waals surface area contributed by atoms with Crippen LogP contribution in [0, 0.1) is 23.7 Å². The van der Waals surface area contributed by atoms with Crippen LogP contribution in [0.15, 0.2) is 96.9 Å². The molecule has 0 aliphatic carbocycles. The predicted molar refractivity (Wildman–Crippen MR) is 276 cm³/mol. The van der Waals surface area contributed by atoms with Gasteiger partial charge in [0.2, 0.25) is 35.4 Å². The minimum absolute atomic E-state index is 0.0467. The van der Waals surface area contributed by atoms with Crippen LogP contribution in [0.2, 0.25) is 0 Å². The lowest BCUT2D eigenvalue weighted by Gasteiger charge is -2.29. The number of hydrogen-bond acceptors (Lipinski definition) is 10. The Kier molecular flexibility index (Phi) is 21.9. The Hall–Kier alpha value is -7.61. The Morgan fingerprint density at radius 3 is 2.04 bits per heavy atom. The van der Waals surface area contributed by atoms with Crippen LogP contribution in [0.25, 0.3) is 10.9 Å². The number of nitrogens with zero attached hydrogens (tertiary/aromatic N) is 1. The molecular weight excluding hydrogens is 953 g/mol. The number of methoxy groups -OCH3 is 1. The molecule has 1 unspecified atom stereocenters. The number of aromatic nitrogens is 1. The van der Waals surface area contributed by atoms with Crippen molar-refractivity contribution in [2.45, 2.75) is 123 Å². The van der Waals surface area contributed by atoms with Crippen LogP contribution in [-0.4, -0.2) is 130 Å². The number of carboxylic acids is 2. The van der Waals surface area contributed by atoms with E-state index in [4.69, 9.17) is 4.74 Å². The van der Waals surface area contributed by atoms with Gasteiger partial charge in [-0.25, -0.2) is 9.59 Å². The van der Waals surface area contributed by atoms with Crippen LogP contribution < -0.4 is 31.9 Å². The number of carbonyl (C=O) groups excluding carboxylic acids is 7. The average molecular weight is 1030 g/mol. The molecule has 2 heterocycles. The summed E-state index contributed by atoms with van der Waals surface area (Å²) >= 11 is 0. The fourth-order valence-electron chi connectivity index (χ4n) is 8.41. The second-order valence-corrected chi connectivity index (χ2v) is 19.4.